The number of aliphatic hydroxyl groups excluding tert-OH is 1. The molecule has 1 aromatic heterocycles. The van der Waals surface area contributed by atoms with Crippen LogP contribution in [0.25, 0.3) is 5.69 Å². The third-order valence-corrected chi connectivity index (χ3v) is 4.34. The second kappa shape index (κ2) is 6.73. The molecular weight excluding hydrogens is 309 g/mol. The SMILES string of the molecule is CC(C)c1c(C(=O)N2CCCC(O)C2)cnn1-c1ccc(F)cc1. The number of halogens is 1. The molecule has 128 valence electrons. The summed E-state index contributed by atoms with van der Waals surface area (Å²) >= 11 is 0. The van der Waals surface area contributed by atoms with Gasteiger partial charge in [-0.2, -0.15) is 5.10 Å². The van der Waals surface area contributed by atoms with Gasteiger partial charge >= 0.3 is 0 Å². The third kappa shape index (κ3) is 3.19. The first-order valence-electron chi connectivity index (χ1n) is 8.28. The Bertz CT molecular complexity index is 724. The highest BCUT2D eigenvalue weighted by Gasteiger charge is 2.28. The summed E-state index contributed by atoms with van der Waals surface area (Å²) in [7, 11) is 0. The highest BCUT2D eigenvalue weighted by molar-refractivity contribution is 5.95. The van der Waals surface area contributed by atoms with Crippen LogP contribution in [0.5, 0.6) is 0 Å². The number of β-amino-alcohol motifs (C(OH)–C–C–N with tert-alkyl or cyclic N) is 1. The van der Waals surface area contributed by atoms with Gasteiger partial charge in [-0.15, -0.1) is 0 Å². The normalized spacial score (nSPS) is 18.2. The maximum absolute atomic E-state index is 13.2. The van der Waals surface area contributed by atoms with Crippen LogP contribution in [0.2, 0.25) is 0 Å². The Morgan fingerprint density at radius 3 is 2.67 bits per heavy atom. The highest BCUT2D eigenvalue weighted by Crippen LogP contribution is 2.25. The molecule has 0 spiro atoms. The molecule has 1 aliphatic heterocycles. The largest absolute Gasteiger partial charge is 0.391 e. The molecule has 5 nitrogen and oxygen atoms in total. The van der Waals surface area contributed by atoms with E-state index in [9.17, 15) is 14.3 Å². The summed E-state index contributed by atoms with van der Waals surface area (Å²) in [5.74, 6) is -0.340. The first-order valence-corrected chi connectivity index (χ1v) is 8.28. The van der Waals surface area contributed by atoms with E-state index in [1.54, 1.807) is 27.9 Å². The summed E-state index contributed by atoms with van der Waals surface area (Å²) in [4.78, 5) is 14.6. The number of amides is 1. The number of carbonyl (C=O) groups is 1. The van der Waals surface area contributed by atoms with Gasteiger partial charge < -0.3 is 10.0 Å². The molecule has 1 N–H and O–H groups in total. The average molecular weight is 331 g/mol. The summed E-state index contributed by atoms with van der Waals surface area (Å²) in [6.45, 7) is 5.00. The van der Waals surface area contributed by atoms with Crippen molar-refractivity contribution in [3.05, 3.63) is 47.5 Å². The predicted octanol–water partition coefficient (Wildman–Crippen LogP) is 2.73. The standard InChI is InChI=1S/C18H22FN3O2/c1-12(2)17-16(18(24)21-9-3-4-15(23)11-21)10-20-22(17)14-7-5-13(19)6-8-14/h5-8,10,12,15,23H,3-4,9,11H2,1-2H3. The van der Waals surface area contributed by atoms with Gasteiger partial charge in [0.2, 0.25) is 0 Å². The fourth-order valence-corrected chi connectivity index (χ4v) is 3.18. The van der Waals surface area contributed by atoms with E-state index in [0.717, 1.165) is 24.2 Å². The average Bonchev–Trinajstić information content (AvgIpc) is 3.00. The lowest BCUT2D eigenvalue weighted by Gasteiger charge is -2.30. The van der Waals surface area contributed by atoms with Gasteiger partial charge in [0.15, 0.2) is 0 Å². The molecule has 1 saturated heterocycles. The van der Waals surface area contributed by atoms with Crippen LogP contribution in [0.3, 0.4) is 0 Å². The molecule has 1 unspecified atom stereocenters. The number of rotatable bonds is 3. The first kappa shape index (κ1) is 16.6. The molecule has 2 aromatic rings. The highest BCUT2D eigenvalue weighted by atomic mass is 19.1. The summed E-state index contributed by atoms with van der Waals surface area (Å²) < 4.78 is 14.9. The smallest absolute Gasteiger partial charge is 0.257 e. The van der Waals surface area contributed by atoms with E-state index in [-0.39, 0.29) is 17.6 Å². The first-order chi connectivity index (χ1) is 11.5. The zero-order valence-corrected chi connectivity index (χ0v) is 13.9. The summed E-state index contributed by atoms with van der Waals surface area (Å²) in [6.07, 6.45) is 2.64. The van der Waals surface area contributed by atoms with Crippen molar-refractivity contribution < 1.29 is 14.3 Å². The number of likely N-dealkylation sites (tertiary alicyclic amines) is 1. The van der Waals surface area contributed by atoms with Crippen molar-refractivity contribution in [2.75, 3.05) is 13.1 Å². The summed E-state index contributed by atoms with van der Waals surface area (Å²) in [5, 5.41) is 14.2. The van der Waals surface area contributed by atoms with Gasteiger partial charge in [-0.1, -0.05) is 13.8 Å². The fraction of sp³-hybridized carbons (Fsp3) is 0.444. The second-order valence-corrected chi connectivity index (χ2v) is 6.53. The van der Waals surface area contributed by atoms with Gasteiger partial charge in [0.1, 0.15) is 5.82 Å². The Morgan fingerprint density at radius 2 is 2.04 bits per heavy atom. The van der Waals surface area contributed by atoms with Crippen LogP contribution >= 0.6 is 0 Å². The lowest BCUT2D eigenvalue weighted by Crippen LogP contribution is -2.42. The number of aliphatic hydroxyl groups is 1. The van der Waals surface area contributed by atoms with Gasteiger partial charge in [0.25, 0.3) is 5.91 Å². The van der Waals surface area contributed by atoms with Crippen molar-refractivity contribution in [1.29, 1.82) is 0 Å². The van der Waals surface area contributed by atoms with Crippen molar-refractivity contribution >= 4 is 5.91 Å². The van der Waals surface area contributed by atoms with Crippen molar-refractivity contribution in [2.24, 2.45) is 0 Å². The van der Waals surface area contributed by atoms with Gasteiger partial charge in [-0.05, 0) is 43.0 Å². The van der Waals surface area contributed by atoms with Gasteiger partial charge in [-0.25, -0.2) is 9.07 Å². The fourth-order valence-electron chi connectivity index (χ4n) is 3.18. The predicted molar refractivity (Wildman–Crippen MR) is 88.8 cm³/mol. The molecule has 1 aliphatic rings. The quantitative estimate of drug-likeness (QED) is 0.941. The third-order valence-electron chi connectivity index (χ3n) is 4.34. The van der Waals surface area contributed by atoms with Crippen LogP contribution in [-0.4, -0.2) is 44.9 Å². The summed E-state index contributed by atoms with van der Waals surface area (Å²) in [5.41, 5.74) is 2.06. The van der Waals surface area contributed by atoms with Crippen LogP contribution in [0.15, 0.2) is 30.5 Å². The van der Waals surface area contributed by atoms with E-state index in [0.29, 0.717) is 18.7 Å². The van der Waals surface area contributed by atoms with Gasteiger partial charge in [-0.3, -0.25) is 4.79 Å². The number of nitrogens with zero attached hydrogens (tertiary/aromatic N) is 3. The van der Waals surface area contributed by atoms with Gasteiger partial charge in [0.05, 0.1) is 29.2 Å². The molecule has 0 saturated carbocycles. The maximum atomic E-state index is 13.2. The van der Waals surface area contributed by atoms with E-state index in [2.05, 4.69) is 5.10 Å². The van der Waals surface area contributed by atoms with Crippen LogP contribution < -0.4 is 0 Å². The van der Waals surface area contributed by atoms with Crippen LogP contribution in [0.4, 0.5) is 4.39 Å². The van der Waals surface area contributed by atoms with E-state index >= 15 is 0 Å². The monoisotopic (exact) mass is 331 g/mol. The summed E-state index contributed by atoms with van der Waals surface area (Å²) in [6, 6.07) is 6.05. The lowest BCUT2D eigenvalue weighted by molar-refractivity contribution is 0.0472. The number of hydrogen-bond donors (Lipinski definition) is 1. The Labute approximate surface area is 140 Å². The molecule has 0 bridgehead atoms. The van der Waals surface area contributed by atoms with Crippen LogP contribution in [0, 0.1) is 5.82 Å². The molecular formula is C18H22FN3O2. The molecule has 1 fully saturated rings. The molecule has 24 heavy (non-hydrogen) atoms. The minimum absolute atomic E-state index is 0.0752. The Balaban J connectivity index is 1.97. The molecule has 3 rings (SSSR count). The zero-order valence-electron chi connectivity index (χ0n) is 13.9. The molecule has 2 heterocycles. The second-order valence-electron chi connectivity index (χ2n) is 6.53. The number of hydrogen-bond acceptors (Lipinski definition) is 3. The Kier molecular flexibility index (Phi) is 4.66. The minimum Gasteiger partial charge on any atom is -0.391 e. The van der Waals surface area contributed by atoms with E-state index < -0.39 is 6.10 Å². The lowest BCUT2D eigenvalue weighted by atomic mass is 10.0. The van der Waals surface area contributed by atoms with Crippen molar-refractivity contribution in [2.45, 2.75) is 38.7 Å². The number of carbonyl (C=O) groups excluding carboxylic acids is 1. The molecule has 0 radical (unpaired) electrons. The van der Waals surface area contributed by atoms with Crippen molar-refractivity contribution in [3.63, 3.8) is 0 Å². The zero-order chi connectivity index (χ0) is 17.3. The number of benzene rings is 1. The number of piperidine rings is 1. The minimum atomic E-state index is -0.461. The van der Waals surface area contributed by atoms with Crippen molar-refractivity contribution in [1.82, 2.24) is 14.7 Å². The molecule has 1 atom stereocenters. The molecule has 0 aliphatic carbocycles. The van der Waals surface area contributed by atoms with Crippen LogP contribution in [-0.2, 0) is 0 Å². The Morgan fingerprint density at radius 1 is 1.33 bits per heavy atom. The molecule has 6 heteroatoms. The molecule has 1 amide bonds. The molecule has 1 aromatic carbocycles. The maximum Gasteiger partial charge on any atom is 0.257 e. The van der Waals surface area contributed by atoms with Crippen molar-refractivity contribution in [3.8, 4) is 5.69 Å². The van der Waals surface area contributed by atoms with Gasteiger partial charge in [0, 0.05) is 13.1 Å². The van der Waals surface area contributed by atoms with Crippen LogP contribution in [0.1, 0.15) is 48.7 Å². The van der Waals surface area contributed by atoms with E-state index in [4.69, 9.17) is 0 Å². The van der Waals surface area contributed by atoms with E-state index in [1.165, 1.54) is 12.1 Å². The van der Waals surface area contributed by atoms with E-state index in [1.807, 2.05) is 13.8 Å². The Hall–Kier alpha value is -2.21. The topological polar surface area (TPSA) is 58.4 Å². The number of aromatic nitrogens is 2.